The van der Waals surface area contributed by atoms with Crippen molar-refractivity contribution in [2.24, 2.45) is 5.73 Å². The molecule has 0 fully saturated rings. The Labute approximate surface area is 103 Å². The van der Waals surface area contributed by atoms with E-state index in [0.717, 1.165) is 12.1 Å². The number of rotatable bonds is 4. The van der Waals surface area contributed by atoms with Crippen LogP contribution in [-0.4, -0.2) is 12.1 Å². The fourth-order valence-corrected chi connectivity index (χ4v) is 1.33. The predicted octanol–water partition coefficient (Wildman–Crippen LogP) is 3.35. The number of ether oxygens (including phenoxy) is 1. The van der Waals surface area contributed by atoms with Crippen LogP contribution in [0, 0.1) is 5.82 Å². The van der Waals surface area contributed by atoms with Crippen molar-refractivity contribution in [3.8, 4) is 5.75 Å². The van der Waals surface area contributed by atoms with E-state index >= 15 is 0 Å². The average molecular weight is 265 g/mol. The summed E-state index contributed by atoms with van der Waals surface area (Å²) >= 11 is 0. The molecule has 6 heteroatoms. The summed E-state index contributed by atoms with van der Waals surface area (Å²) in [6.45, 7) is 3.65. The number of halogens is 4. The Morgan fingerprint density at radius 1 is 1.28 bits per heavy atom. The van der Waals surface area contributed by atoms with Crippen molar-refractivity contribution < 1.29 is 22.3 Å². The Balaban J connectivity index is 3.06. The molecule has 1 rings (SSSR count). The van der Waals surface area contributed by atoms with Crippen molar-refractivity contribution in [1.82, 2.24) is 0 Å². The molecule has 0 heterocycles. The van der Waals surface area contributed by atoms with Crippen molar-refractivity contribution in [2.75, 3.05) is 6.54 Å². The fourth-order valence-electron chi connectivity index (χ4n) is 1.33. The molecule has 0 spiro atoms. The van der Waals surface area contributed by atoms with Gasteiger partial charge in [-0.15, -0.1) is 0 Å². The van der Waals surface area contributed by atoms with Gasteiger partial charge in [-0.3, -0.25) is 0 Å². The summed E-state index contributed by atoms with van der Waals surface area (Å²) in [5.74, 6) is -1.36. The van der Waals surface area contributed by atoms with Crippen molar-refractivity contribution in [3.05, 3.63) is 29.6 Å². The Morgan fingerprint density at radius 2 is 1.89 bits per heavy atom. The first-order chi connectivity index (χ1) is 8.22. The highest BCUT2D eigenvalue weighted by Crippen LogP contribution is 2.34. The van der Waals surface area contributed by atoms with Gasteiger partial charge in [-0.2, -0.15) is 13.2 Å². The minimum atomic E-state index is -4.74. The number of nitrogens with two attached hydrogens (primary N) is 1. The Hall–Kier alpha value is -1.30. The third-order valence-corrected chi connectivity index (χ3v) is 2.79. The number of alkyl halides is 3. The molecule has 102 valence electrons. The third kappa shape index (κ3) is 3.35. The van der Waals surface area contributed by atoms with Crippen LogP contribution in [0.4, 0.5) is 17.6 Å². The summed E-state index contributed by atoms with van der Waals surface area (Å²) in [7, 11) is 0. The first kappa shape index (κ1) is 14.8. The summed E-state index contributed by atoms with van der Waals surface area (Å²) in [4.78, 5) is 0. The molecule has 1 aromatic rings. The lowest BCUT2D eigenvalue weighted by molar-refractivity contribution is -0.140. The molecule has 1 atom stereocenters. The Bertz CT molecular complexity index is 413. The molecule has 18 heavy (non-hydrogen) atoms. The molecule has 0 bridgehead atoms. The van der Waals surface area contributed by atoms with E-state index in [-0.39, 0.29) is 12.3 Å². The smallest absolute Gasteiger partial charge is 0.419 e. The van der Waals surface area contributed by atoms with Crippen LogP contribution < -0.4 is 10.5 Å². The first-order valence-electron chi connectivity index (χ1n) is 5.47. The summed E-state index contributed by atoms with van der Waals surface area (Å²) in [5.41, 5.74) is 3.40. The SMILES string of the molecule is CCC(C)(CN)Oc1ccc(F)c(C(F)(F)F)c1. The normalized spacial score (nSPS) is 15.3. The fraction of sp³-hybridized carbons (Fsp3) is 0.500. The molecule has 2 N–H and O–H groups in total. The highest BCUT2D eigenvalue weighted by Gasteiger charge is 2.35. The summed E-state index contributed by atoms with van der Waals surface area (Å²) in [6.07, 6.45) is -4.21. The lowest BCUT2D eigenvalue weighted by atomic mass is 10.0. The molecule has 0 amide bonds. The van der Waals surface area contributed by atoms with Gasteiger partial charge in [0.15, 0.2) is 0 Å². The van der Waals surface area contributed by atoms with E-state index in [1.54, 1.807) is 13.8 Å². The molecule has 0 radical (unpaired) electrons. The van der Waals surface area contributed by atoms with Crippen molar-refractivity contribution >= 4 is 0 Å². The Kier molecular flexibility index (Phi) is 4.21. The van der Waals surface area contributed by atoms with Crippen LogP contribution in [0.1, 0.15) is 25.8 Å². The van der Waals surface area contributed by atoms with Gasteiger partial charge >= 0.3 is 6.18 Å². The van der Waals surface area contributed by atoms with Gasteiger partial charge < -0.3 is 10.5 Å². The predicted molar refractivity (Wildman–Crippen MR) is 59.8 cm³/mol. The standard InChI is InChI=1S/C12H15F4NO/c1-3-11(2,7-17)18-8-4-5-10(13)9(6-8)12(14,15)16/h4-6H,3,7,17H2,1-2H3. The first-order valence-corrected chi connectivity index (χ1v) is 5.47. The van der Waals surface area contributed by atoms with E-state index < -0.39 is 23.2 Å². The maximum absolute atomic E-state index is 13.1. The molecule has 0 saturated heterocycles. The molecule has 0 saturated carbocycles. The summed E-state index contributed by atoms with van der Waals surface area (Å²) < 4.78 is 56.0. The molecule has 1 aromatic carbocycles. The van der Waals surface area contributed by atoms with E-state index in [4.69, 9.17) is 10.5 Å². The Morgan fingerprint density at radius 3 is 2.33 bits per heavy atom. The van der Waals surface area contributed by atoms with Crippen LogP contribution in [0.2, 0.25) is 0 Å². The zero-order valence-corrected chi connectivity index (χ0v) is 10.1. The van der Waals surface area contributed by atoms with E-state index in [2.05, 4.69) is 0 Å². The number of benzene rings is 1. The molecule has 0 aliphatic carbocycles. The second kappa shape index (κ2) is 5.14. The largest absolute Gasteiger partial charge is 0.486 e. The van der Waals surface area contributed by atoms with Gasteiger partial charge in [-0.05, 0) is 31.5 Å². The second-order valence-corrected chi connectivity index (χ2v) is 4.25. The van der Waals surface area contributed by atoms with Gasteiger partial charge in [0.25, 0.3) is 0 Å². The summed E-state index contributed by atoms with van der Waals surface area (Å²) in [5, 5.41) is 0. The van der Waals surface area contributed by atoms with Crippen LogP contribution in [0.25, 0.3) is 0 Å². The van der Waals surface area contributed by atoms with Gasteiger partial charge in [-0.25, -0.2) is 4.39 Å². The summed E-state index contributed by atoms with van der Waals surface area (Å²) in [6, 6.07) is 2.55. The quantitative estimate of drug-likeness (QED) is 0.847. The molecule has 2 nitrogen and oxygen atoms in total. The number of hydrogen-bond acceptors (Lipinski definition) is 2. The minimum Gasteiger partial charge on any atom is -0.486 e. The van der Waals surface area contributed by atoms with E-state index in [1.807, 2.05) is 0 Å². The lowest BCUT2D eigenvalue weighted by Gasteiger charge is -2.28. The van der Waals surface area contributed by atoms with Gasteiger partial charge in [0.2, 0.25) is 0 Å². The van der Waals surface area contributed by atoms with Crippen molar-refractivity contribution in [1.29, 1.82) is 0 Å². The highest BCUT2D eigenvalue weighted by molar-refractivity contribution is 5.32. The van der Waals surface area contributed by atoms with Gasteiger partial charge in [-0.1, -0.05) is 6.92 Å². The van der Waals surface area contributed by atoms with Gasteiger partial charge in [0.1, 0.15) is 17.2 Å². The lowest BCUT2D eigenvalue weighted by Crippen LogP contribution is -2.39. The van der Waals surface area contributed by atoms with Crippen LogP contribution >= 0.6 is 0 Å². The van der Waals surface area contributed by atoms with E-state index in [1.165, 1.54) is 0 Å². The molecule has 0 aliphatic heterocycles. The highest BCUT2D eigenvalue weighted by atomic mass is 19.4. The van der Waals surface area contributed by atoms with E-state index in [9.17, 15) is 17.6 Å². The molecule has 0 aromatic heterocycles. The topological polar surface area (TPSA) is 35.2 Å². The maximum Gasteiger partial charge on any atom is 0.419 e. The van der Waals surface area contributed by atoms with Gasteiger partial charge in [0.05, 0.1) is 5.56 Å². The molecular weight excluding hydrogens is 250 g/mol. The van der Waals surface area contributed by atoms with Crippen molar-refractivity contribution in [3.63, 3.8) is 0 Å². The minimum absolute atomic E-state index is 0.0430. The van der Waals surface area contributed by atoms with Gasteiger partial charge in [0, 0.05) is 6.54 Å². The van der Waals surface area contributed by atoms with Crippen LogP contribution in [0.15, 0.2) is 18.2 Å². The second-order valence-electron chi connectivity index (χ2n) is 4.25. The maximum atomic E-state index is 13.1. The zero-order chi connectivity index (χ0) is 14.0. The molecule has 1 unspecified atom stereocenters. The molecular formula is C12H15F4NO. The van der Waals surface area contributed by atoms with Crippen LogP contribution in [-0.2, 0) is 6.18 Å². The molecule has 0 aliphatic rings. The zero-order valence-electron chi connectivity index (χ0n) is 10.1. The average Bonchev–Trinajstić information content (AvgIpc) is 2.30. The third-order valence-electron chi connectivity index (χ3n) is 2.79. The monoisotopic (exact) mass is 265 g/mol. The van der Waals surface area contributed by atoms with E-state index in [0.29, 0.717) is 12.5 Å². The van der Waals surface area contributed by atoms with Crippen molar-refractivity contribution in [2.45, 2.75) is 32.0 Å². The van der Waals surface area contributed by atoms with Crippen LogP contribution in [0.5, 0.6) is 5.75 Å². The number of hydrogen-bond donors (Lipinski definition) is 1. The van der Waals surface area contributed by atoms with Crippen LogP contribution in [0.3, 0.4) is 0 Å².